The Hall–Kier alpha value is -0.750. The lowest BCUT2D eigenvalue weighted by atomic mass is 10.1. The minimum absolute atomic E-state index is 0.566. The number of hydrogen-bond acceptors (Lipinski definition) is 3. The highest BCUT2D eigenvalue weighted by Gasteiger charge is 2.21. The van der Waals surface area contributed by atoms with Crippen molar-refractivity contribution in [3.05, 3.63) is 0 Å². The molecule has 0 aromatic carbocycles. The van der Waals surface area contributed by atoms with E-state index < -0.39 is 37.5 Å². The molecule has 13 heavy (non-hydrogen) atoms. The highest BCUT2D eigenvalue weighted by atomic mass is 19.3. The molecule has 0 aliphatic carbocycles. The molecule has 0 aliphatic heterocycles. The van der Waals surface area contributed by atoms with Crippen LogP contribution in [0, 0.1) is 5.92 Å². The van der Waals surface area contributed by atoms with E-state index in [4.69, 9.17) is 10.2 Å². The first-order valence-electron chi connectivity index (χ1n) is 3.83. The summed E-state index contributed by atoms with van der Waals surface area (Å²) in [4.78, 5) is 10.9. The van der Waals surface area contributed by atoms with Crippen LogP contribution in [0.4, 0.5) is 8.78 Å². The molecule has 6 heteroatoms. The Balaban J connectivity index is 3.82. The van der Waals surface area contributed by atoms with Crippen molar-refractivity contribution >= 4 is 5.91 Å². The Morgan fingerprint density at radius 2 is 2.08 bits per heavy atom. The molecule has 0 heterocycles. The van der Waals surface area contributed by atoms with E-state index in [0.29, 0.717) is 0 Å². The van der Waals surface area contributed by atoms with Crippen LogP contribution in [0.2, 0.25) is 0 Å². The third-order valence-corrected chi connectivity index (χ3v) is 1.61. The first kappa shape index (κ1) is 12.2. The van der Waals surface area contributed by atoms with Gasteiger partial charge in [-0.25, -0.2) is 8.78 Å². The number of alkyl halides is 2. The lowest BCUT2D eigenvalue weighted by molar-refractivity contribution is -0.129. The predicted octanol–water partition coefficient (Wildman–Crippen LogP) is -0.643. The molecule has 78 valence electrons. The summed E-state index contributed by atoms with van der Waals surface area (Å²) in [7, 11) is 0. The molecule has 0 aromatic rings. The van der Waals surface area contributed by atoms with Crippen molar-refractivity contribution in [3.8, 4) is 0 Å². The Morgan fingerprint density at radius 1 is 1.54 bits per heavy atom. The summed E-state index contributed by atoms with van der Waals surface area (Å²) in [6.45, 7) is 0.0479. The minimum atomic E-state index is -2.61. The number of halogens is 2. The largest absolute Gasteiger partial charge is 0.394 e. The molecule has 4 nitrogen and oxygen atoms in total. The van der Waals surface area contributed by atoms with E-state index >= 15 is 0 Å². The normalized spacial score (nSPS) is 15.5. The fourth-order valence-electron chi connectivity index (χ4n) is 0.672. The van der Waals surface area contributed by atoms with E-state index in [1.165, 1.54) is 6.92 Å². The number of rotatable bonds is 5. The summed E-state index contributed by atoms with van der Waals surface area (Å²) in [5.41, 5.74) is 0. The second kappa shape index (κ2) is 5.82. The topological polar surface area (TPSA) is 69.6 Å². The average Bonchev–Trinajstić information content (AvgIpc) is 2.11. The van der Waals surface area contributed by atoms with Crippen LogP contribution in [0.1, 0.15) is 6.92 Å². The third-order valence-electron chi connectivity index (χ3n) is 1.61. The molecule has 0 fully saturated rings. The van der Waals surface area contributed by atoms with Gasteiger partial charge in [-0.15, -0.1) is 0 Å². The maximum atomic E-state index is 11.6. The Bertz CT molecular complexity index is 166. The van der Waals surface area contributed by atoms with Crippen LogP contribution < -0.4 is 5.32 Å². The first-order valence-corrected chi connectivity index (χ1v) is 3.83. The fourth-order valence-corrected chi connectivity index (χ4v) is 0.672. The van der Waals surface area contributed by atoms with Crippen LogP contribution in [0.25, 0.3) is 0 Å². The van der Waals surface area contributed by atoms with Gasteiger partial charge in [0.05, 0.1) is 25.2 Å². The predicted molar refractivity (Wildman–Crippen MR) is 41.3 cm³/mol. The number of aliphatic hydroxyl groups excluding tert-OH is 2. The fraction of sp³-hybridized carbons (Fsp3) is 0.857. The van der Waals surface area contributed by atoms with E-state index in [1.54, 1.807) is 0 Å². The van der Waals surface area contributed by atoms with Crippen LogP contribution in [0.3, 0.4) is 0 Å². The van der Waals surface area contributed by atoms with Crippen molar-refractivity contribution in [3.63, 3.8) is 0 Å². The summed E-state index contributed by atoms with van der Waals surface area (Å²) in [5.74, 6) is -1.58. The van der Waals surface area contributed by atoms with Crippen LogP contribution in [0.5, 0.6) is 0 Å². The lowest BCUT2D eigenvalue weighted by Gasteiger charge is -2.15. The molecule has 0 bridgehead atoms. The molecule has 0 saturated heterocycles. The minimum Gasteiger partial charge on any atom is -0.394 e. The number of aliphatic hydroxyl groups is 2. The van der Waals surface area contributed by atoms with Gasteiger partial charge in [-0.2, -0.15) is 0 Å². The maximum absolute atomic E-state index is 11.6. The Kier molecular flexibility index (Phi) is 5.48. The van der Waals surface area contributed by atoms with Crippen LogP contribution in [-0.4, -0.2) is 41.8 Å². The number of carbonyl (C=O) groups is 1. The van der Waals surface area contributed by atoms with Gasteiger partial charge in [0.25, 0.3) is 6.43 Å². The highest BCUT2D eigenvalue weighted by Crippen LogP contribution is 2.02. The Labute approximate surface area is 74.6 Å². The molecule has 2 atom stereocenters. The summed E-state index contributed by atoms with van der Waals surface area (Å²) < 4.78 is 23.2. The summed E-state index contributed by atoms with van der Waals surface area (Å²) >= 11 is 0. The van der Waals surface area contributed by atoms with Crippen molar-refractivity contribution in [2.24, 2.45) is 5.92 Å². The molecule has 0 saturated carbocycles. The molecule has 0 aromatic heterocycles. The number of hydrogen-bond donors (Lipinski definition) is 3. The van der Waals surface area contributed by atoms with Crippen molar-refractivity contribution in [1.82, 2.24) is 5.32 Å². The molecule has 0 rings (SSSR count). The van der Waals surface area contributed by atoms with Crippen LogP contribution in [0.15, 0.2) is 0 Å². The molecule has 0 aliphatic rings. The molecular weight excluding hydrogens is 184 g/mol. The summed E-state index contributed by atoms with van der Waals surface area (Å²) in [6, 6.07) is 0. The quantitative estimate of drug-likeness (QED) is 0.549. The van der Waals surface area contributed by atoms with Gasteiger partial charge < -0.3 is 15.5 Å². The molecule has 0 radical (unpaired) electrons. The second-order valence-electron chi connectivity index (χ2n) is 2.67. The van der Waals surface area contributed by atoms with E-state index in [1.807, 2.05) is 5.32 Å². The molecule has 0 unspecified atom stereocenters. The van der Waals surface area contributed by atoms with Gasteiger partial charge in [0.1, 0.15) is 0 Å². The number of nitrogens with one attached hydrogen (secondary N) is 1. The zero-order valence-electron chi connectivity index (χ0n) is 7.20. The molecular formula is C7H13F2NO3. The zero-order chi connectivity index (χ0) is 10.4. The third kappa shape index (κ3) is 4.74. The average molecular weight is 197 g/mol. The second-order valence-corrected chi connectivity index (χ2v) is 2.67. The lowest BCUT2D eigenvalue weighted by Crippen LogP contribution is -2.39. The van der Waals surface area contributed by atoms with E-state index in [-0.39, 0.29) is 0 Å². The van der Waals surface area contributed by atoms with Crippen LogP contribution in [-0.2, 0) is 4.79 Å². The molecule has 0 spiro atoms. The standard InChI is InChI=1S/C7H13F2NO3/c1-4(5(12)3-11)7(13)10-2-6(8)9/h4-6,11-12H,2-3H2,1H3,(H,10,13)/t4-,5+/m1/s1. The SMILES string of the molecule is C[C@@H](C(=O)NCC(F)F)[C@@H](O)CO. The molecule has 1 amide bonds. The number of carbonyl (C=O) groups excluding carboxylic acids is 1. The van der Waals surface area contributed by atoms with Crippen molar-refractivity contribution < 1.29 is 23.8 Å². The summed E-state index contributed by atoms with van der Waals surface area (Å²) in [6.07, 6.45) is -3.82. The maximum Gasteiger partial charge on any atom is 0.255 e. The van der Waals surface area contributed by atoms with Crippen molar-refractivity contribution in [1.29, 1.82) is 0 Å². The molecule has 3 N–H and O–H groups in total. The van der Waals surface area contributed by atoms with Crippen molar-refractivity contribution in [2.75, 3.05) is 13.2 Å². The van der Waals surface area contributed by atoms with Gasteiger partial charge in [0.2, 0.25) is 5.91 Å². The van der Waals surface area contributed by atoms with E-state index in [0.717, 1.165) is 0 Å². The van der Waals surface area contributed by atoms with Crippen molar-refractivity contribution in [2.45, 2.75) is 19.5 Å². The van der Waals surface area contributed by atoms with Gasteiger partial charge in [-0.05, 0) is 0 Å². The van der Waals surface area contributed by atoms with Gasteiger partial charge in [-0.1, -0.05) is 6.92 Å². The van der Waals surface area contributed by atoms with Gasteiger partial charge in [-0.3, -0.25) is 4.79 Å². The van der Waals surface area contributed by atoms with E-state index in [9.17, 15) is 13.6 Å². The smallest absolute Gasteiger partial charge is 0.255 e. The monoisotopic (exact) mass is 197 g/mol. The van der Waals surface area contributed by atoms with E-state index in [2.05, 4.69) is 0 Å². The van der Waals surface area contributed by atoms with Gasteiger partial charge in [0, 0.05) is 0 Å². The first-order chi connectivity index (χ1) is 5.99. The number of amides is 1. The zero-order valence-corrected chi connectivity index (χ0v) is 7.20. The highest BCUT2D eigenvalue weighted by molar-refractivity contribution is 5.78. The summed E-state index contributed by atoms with van der Waals surface area (Å²) in [5, 5.41) is 19.4. The Morgan fingerprint density at radius 3 is 2.46 bits per heavy atom. The van der Waals surface area contributed by atoms with Gasteiger partial charge >= 0.3 is 0 Å². The van der Waals surface area contributed by atoms with Crippen LogP contribution >= 0.6 is 0 Å². The van der Waals surface area contributed by atoms with Gasteiger partial charge in [0.15, 0.2) is 0 Å².